The third kappa shape index (κ3) is 4.45. The molecule has 0 aromatic carbocycles. The number of hydrogen-bond donors (Lipinski definition) is 1. The molecule has 0 bridgehead atoms. The predicted molar refractivity (Wildman–Crippen MR) is 88.9 cm³/mol. The monoisotopic (exact) mass is 291 g/mol. The Labute approximate surface area is 129 Å². The van der Waals surface area contributed by atoms with E-state index in [2.05, 4.69) is 38.0 Å². The zero-order valence-electron chi connectivity index (χ0n) is 14.3. The average molecular weight is 291 g/mol. The van der Waals surface area contributed by atoms with Gasteiger partial charge in [0, 0.05) is 30.4 Å². The summed E-state index contributed by atoms with van der Waals surface area (Å²) >= 11 is 0. The van der Waals surface area contributed by atoms with Gasteiger partial charge in [-0.05, 0) is 45.7 Å². The van der Waals surface area contributed by atoms with E-state index in [1.807, 2.05) is 31.0 Å². The minimum Gasteiger partial charge on any atom is -0.370 e. The van der Waals surface area contributed by atoms with Crippen LogP contribution in [0, 0.1) is 0 Å². The zero-order valence-corrected chi connectivity index (χ0v) is 14.3. The number of amides is 1. The number of aryl methyl sites for hydroxylation is 1. The Bertz CT molecular complexity index is 459. The molecule has 0 unspecified atom stereocenters. The van der Waals surface area contributed by atoms with Gasteiger partial charge in [-0.15, -0.1) is 0 Å². The Morgan fingerprint density at radius 1 is 1.29 bits per heavy atom. The molecule has 0 saturated heterocycles. The lowest BCUT2D eigenvalue weighted by Crippen LogP contribution is -2.44. The highest BCUT2D eigenvalue weighted by Crippen LogP contribution is 2.21. The highest BCUT2D eigenvalue weighted by molar-refractivity contribution is 5.95. The van der Waals surface area contributed by atoms with Gasteiger partial charge in [-0.3, -0.25) is 4.79 Å². The van der Waals surface area contributed by atoms with Gasteiger partial charge in [0.05, 0.1) is 0 Å². The maximum absolute atomic E-state index is 12.7. The third-order valence-corrected chi connectivity index (χ3v) is 4.07. The number of carbonyl (C=O) groups excluding carboxylic acids is 1. The largest absolute Gasteiger partial charge is 0.370 e. The summed E-state index contributed by atoms with van der Waals surface area (Å²) in [4.78, 5) is 19.1. The normalized spacial score (nSPS) is 11.3. The van der Waals surface area contributed by atoms with Gasteiger partial charge in [-0.2, -0.15) is 0 Å². The molecule has 1 amide bonds. The van der Waals surface area contributed by atoms with E-state index in [0.29, 0.717) is 5.56 Å². The molecule has 0 atom stereocenters. The van der Waals surface area contributed by atoms with Crippen molar-refractivity contribution in [1.82, 2.24) is 9.88 Å². The van der Waals surface area contributed by atoms with Gasteiger partial charge < -0.3 is 10.2 Å². The summed E-state index contributed by atoms with van der Waals surface area (Å²) in [6.07, 6.45) is 2.83. The molecular weight excluding hydrogens is 262 g/mol. The summed E-state index contributed by atoms with van der Waals surface area (Å²) in [6, 6.07) is 3.78. The first-order chi connectivity index (χ1) is 9.85. The molecule has 0 spiro atoms. The molecule has 118 valence electrons. The van der Waals surface area contributed by atoms with Crippen molar-refractivity contribution in [2.24, 2.45) is 0 Å². The molecule has 0 aliphatic heterocycles. The molecule has 1 aromatic rings. The van der Waals surface area contributed by atoms with Crippen molar-refractivity contribution in [2.45, 2.75) is 59.4 Å². The van der Waals surface area contributed by atoms with Crippen LogP contribution in [0.2, 0.25) is 0 Å². The van der Waals surface area contributed by atoms with E-state index in [4.69, 9.17) is 0 Å². The fraction of sp³-hybridized carbons (Fsp3) is 0.647. The van der Waals surface area contributed by atoms with Crippen molar-refractivity contribution < 1.29 is 4.79 Å². The first-order valence-corrected chi connectivity index (χ1v) is 7.88. The molecule has 1 aromatic heterocycles. The van der Waals surface area contributed by atoms with Crippen LogP contribution in [0.1, 0.15) is 63.5 Å². The van der Waals surface area contributed by atoms with E-state index in [1.54, 1.807) is 0 Å². The Morgan fingerprint density at radius 3 is 2.48 bits per heavy atom. The van der Waals surface area contributed by atoms with Crippen LogP contribution in [-0.2, 0) is 6.42 Å². The van der Waals surface area contributed by atoms with Gasteiger partial charge in [-0.25, -0.2) is 4.98 Å². The van der Waals surface area contributed by atoms with Gasteiger partial charge in [0.15, 0.2) is 0 Å². The maximum Gasteiger partial charge on any atom is 0.254 e. The lowest BCUT2D eigenvalue weighted by atomic mass is 9.98. The number of aromatic nitrogens is 1. The van der Waals surface area contributed by atoms with Gasteiger partial charge in [-0.1, -0.05) is 20.3 Å². The van der Waals surface area contributed by atoms with E-state index in [0.717, 1.165) is 37.3 Å². The summed E-state index contributed by atoms with van der Waals surface area (Å²) in [7, 11) is 1.87. The van der Waals surface area contributed by atoms with E-state index in [9.17, 15) is 4.79 Å². The van der Waals surface area contributed by atoms with Crippen molar-refractivity contribution in [3.8, 4) is 0 Å². The van der Waals surface area contributed by atoms with Crippen LogP contribution in [-0.4, -0.2) is 34.9 Å². The lowest BCUT2D eigenvalue weighted by molar-refractivity contribution is 0.0620. The second kappa shape index (κ2) is 7.43. The van der Waals surface area contributed by atoms with Crippen LogP contribution in [0.25, 0.3) is 0 Å². The fourth-order valence-electron chi connectivity index (χ4n) is 2.07. The fourth-order valence-corrected chi connectivity index (χ4v) is 2.07. The van der Waals surface area contributed by atoms with Crippen LogP contribution in [0.15, 0.2) is 12.1 Å². The van der Waals surface area contributed by atoms with Crippen molar-refractivity contribution in [1.29, 1.82) is 0 Å². The molecule has 1 N–H and O–H groups in total. The molecule has 0 fully saturated rings. The predicted octanol–water partition coefficient (Wildman–Crippen LogP) is 3.73. The summed E-state index contributed by atoms with van der Waals surface area (Å²) in [5, 5.41) is 3.21. The number of nitrogens with zero attached hydrogens (tertiary/aromatic N) is 2. The lowest BCUT2D eigenvalue weighted by Gasteiger charge is -2.35. The Morgan fingerprint density at radius 2 is 1.95 bits per heavy atom. The topological polar surface area (TPSA) is 45.2 Å². The molecule has 1 rings (SSSR count). The zero-order chi connectivity index (χ0) is 16.0. The summed E-state index contributed by atoms with van der Waals surface area (Å²) < 4.78 is 0. The number of carbonyl (C=O) groups is 1. The molecule has 21 heavy (non-hydrogen) atoms. The maximum atomic E-state index is 12.7. The van der Waals surface area contributed by atoms with Crippen LogP contribution in [0.5, 0.6) is 0 Å². The number of pyridine rings is 1. The van der Waals surface area contributed by atoms with Crippen molar-refractivity contribution in [2.75, 3.05) is 18.9 Å². The molecule has 0 aliphatic rings. The number of hydrogen-bond acceptors (Lipinski definition) is 3. The van der Waals surface area contributed by atoms with Crippen molar-refractivity contribution in [3.63, 3.8) is 0 Å². The molecule has 4 nitrogen and oxygen atoms in total. The average Bonchev–Trinajstić information content (AvgIpc) is 2.46. The van der Waals surface area contributed by atoms with E-state index in [1.165, 1.54) is 0 Å². The summed E-state index contributed by atoms with van der Waals surface area (Å²) in [5.41, 5.74) is 1.54. The Kier molecular flexibility index (Phi) is 6.19. The molecule has 1 heterocycles. The quantitative estimate of drug-likeness (QED) is 0.832. The first-order valence-electron chi connectivity index (χ1n) is 7.88. The summed E-state index contributed by atoms with van der Waals surface area (Å²) in [5.74, 6) is 0.843. The van der Waals surface area contributed by atoms with Crippen molar-refractivity contribution in [3.05, 3.63) is 23.4 Å². The highest BCUT2D eigenvalue weighted by Gasteiger charge is 2.26. The SMILES string of the molecule is CCCc1cc(C(=O)N(C)C(C)(C)CC)cc(NCC)n1. The standard InChI is InChI=1S/C17H29N3O/c1-7-10-14-11-13(12-15(19-14)18-9-3)16(21)20(6)17(4,5)8-2/h11-12H,7-10H2,1-6H3,(H,18,19). The van der Waals surface area contributed by atoms with E-state index >= 15 is 0 Å². The van der Waals surface area contributed by atoms with Gasteiger partial charge in [0.25, 0.3) is 5.91 Å². The third-order valence-electron chi connectivity index (χ3n) is 4.07. The minimum absolute atomic E-state index is 0.0563. The Hall–Kier alpha value is -1.58. The Balaban J connectivity index is 3.12. The van der Waals surface area contributed by atoms with E-state index in [-0.39, 0.29) is 11.4 Å². The van der Waals surface area contributed by atoms with Gasteiger partial charge in [0.2, 0.25) is 0 Å². The molecule has 0 saturated carbocycles. The molecule has 0 radical (unpaired) electrons. The highest BCUT2D eigenvalue weighted by atomic mass is 16.2. The van der Waals surface area contributed by atoms with E-state index < -0.39 is 0 Å². The molecule has 0 aliphatic carbocycles. The second-order valence-electron chi connectivity index (χ2n) is 6.04. The minimum atomic E-state index is -0.149. The van der Waals surface area contributed by atoms with Gasteiger partial charge >= 0.3 is 0 Å². The van der Waals surface area contributed by atoms with Gasteiger partial charge in [0.1, 0.15) is 5.82 Å². The number of nitrogens with one attached hydrogen (secondary N) is 1. The van der Waals surface area contributed by atoms with Crippen LogP contribution < -0.4 is 5.32 Å². The molecular formula is C17H29N3O. The first kappa shape index (κ1) is 17.5. The number of anilines is 1. The van der Waals surface area contributed by atoms with Crippen LogP contribution in [0.4, 0.5) is 5.82 Å². The number of rotatable bonds is 7. The molecule has 4 heteroatoms. The van der Waals surface area contributed by atoms with Crippen molar-refractivity contribution >= 4 is 11.7 Å². The smallest absolute Gasteiger partial charge is 0.254 e. The summed E-state index contributed by atoms with van der Waals surface area (Å²) in [6.45, 7) is 11.2. The van der Waals surface area contributed by atoms with Crippen LogP contribution >= 0.6 is 0 Å². The van der Waals surface area contributed by atoms with Crippen LogP contribution in [0.3, 0.4) is 0 Å². The second-order valence-corrected chi connectivity index (χ2v) is 6.04.